The average Bonchev–Trinajstić information content (AvgIpc) is 3.49. The number of alkyl halides is 3. The third-order valence-corrected chi connectivity index (χ3v) is 5.88. The Bertz CT molecular complexity index is 1280. The molecule has 3 heterocycles. The molecule has 0 bridgehead atoms. The lowest BCUT2D eigenvalue weighted by Gasteiger charge is -2.33. The van der Waals surface area contributed by atoms with E-state index in [1.165, 1.54) is 20.3 Å². The molecule has 3 aromatic rings. The number of halogens is 3. The van der Waals surface area contributed by atoms with E-state index < -0.39 is 24.2 Å². The molecule has 2 aliphatic rings. The summed E-state index contributed by atoms with van der Waals surface area (Å²) in [5, 5.41) is 9.68. The summed E-state index contributed by atoms with van der Waals surface area (Å²) >= 11 is 0. The summed E-state index contributed by atoms with van der Waals surface area (Å²) in [6.45, 7) is 0.0609. The first-order valence-corrected chi connectivity index (χ1v) is 10.6. The van der Waals surface area contributed by atoms with E-state index in [0.29, 0.717) is 34.2 Å². The van der Waals surface area contributed by atoms with E-state index in [2.05, 4.69) is 15.7 Å². The van der Waals surface area contributed by atoms with Crippen LogP contribution in [0.3, 0.4) is 0 Å². The predicted molar refractivity (Wildman–Crippen MR) is 118 cm³/mol. The number of fused-ring (bicyclic) bond motifs is 2. The number of aromatic nitrogens is 2. The largest absolute Gasteiger partial charge is 0.497 e. The Morgan fingerprint density at radius 1 is 1.11 bits per heavy atom. The molecular weight excluding hydrogens is 469 g/mol. The van der Waals surface area contributed by atoms with Crippen molar-refractivity contribution in [1.82, 2.24) is 9.78 Å². The van der Waals surface area contributed by atoms with Crippen LogP contribution in [0, 0.1) is 0 Å². The third kappa shape index (κ3) is 4.27. The molecule has 2 N–H and O–H groups in total. The molecule has 2 atom stereocenters. The molecule has 1 amide bonds. The number of carbonyl (C=O) groups is 1. The van der Waals surface area contributed by atoms with Gasteiger partial charge in [-0.1, -0.05) is 6.07 Å². The third-order valence-electron chi connectivity index (χ3n) is 5.88. The van der Waals surface area contributed by atoms with Crippen molar-refractivity contribution in [3.63, 3.8) is 0 Å². The number of methoxy groups -OCH3 is 2. The van der Waals surface area contributed by atoms with Crippen molar-refractivity contribution < 1.29 is 36.9 Å². The minimum atomic E-state index is -4.58. The van der Waals surface area contributed by atoms with E-state index in [0.717, 1.165) is 4.68 Å². The molecule has 184 valence electrons. The smallest absolute Gasteiger partial charge is 0.410 e. The quantitative estimate of drug-likeness (QED) is 0.542. The van der Waals surface area contributed by atoms with E-state index >= 15 is 0 Å². The molecule has 0 saturated carbocycles. The van der Waals surface area contributed by atoms with Gasteiger partial charge in [-0.3, -0.25) is 4.79 Å². The van der Waals surface area contributed by atoms with Gasteiger partial charge in [0.05, 0.1) is 25.9 Å². The number of hydrogen-bond donors (Lipinski definition) is 2. The minimum Gasteiger partial charge on any atom is -0.497 e. The van der Waals surface area contributed by atoms with Crippen LogP contribution < -0.4 is 29.6 Å². The van der Waals surface area contributed by atoms with Crippen molar-refractivity contribution in [2.75, 3.05) is 31.6 Å². The van der Waals surface area contributed by atoms with Gasteiger partial charge in [-0.05, 0) is 29.8 Å². The van der Waals surface area contributed by atoms with Crippen LogP contribution in [0.2, 0.25) is 0 Å². The number of anilines is 2. The Balaban J connectivity index is 1.45. The van der Waals surface area contributed by atoms with E-state index in [1.807, 2.05) is 0 Å². The maximum absolute atomic E-state index is 14.0. The van der Waals surface area contributed by atoms with Gasteiger partial charge in [0, 0.05) is 18.6 Å². The highest BCUT2D eigenvalue weighted by molar-refractivity contribution is 6.04. The molecule has 0 unspecified atom stereocenters. The van der Waals surface area contributed by atoms with Gasteiger partial charge in [0.1, 0.15) is 17.3 Å². The number of rotatable bonds is 5. The molecule has 0 fully saturated rings. The van der Waals surface area contributed by atoms with Gasteiger partial charge in [0.15, 0.2) is 23.2 Å². The molecule has 0 spiro atoms. The van der Waals surface area contributed by atoms with Gasteiger partial charge in [0.25, 0.3) is 5.91 Å². The Morgan fingerprint density at radius 3 is 2.66 bits per heavy atom. The van der Waals surface area contributed by atoms with E-state index in [1.54, 1.807) is 36.4 Å². The minimum absolute atomic E-state index is 0.0609. The fourth-order valence-corrected chi connectivity index (χ4v) is 4.13. The van der Waals surface area contributed by atoms with Crippen molar-refractivity contribution in [2.45, 2.75) is 24.7 Å². The van der Waals surface area contributed by atoms with Crippen molar-refractivity contribution >= 4 is 17.4 Å². The van der Waals surface area contributed by atoms with Gasteiger partial charge in [-0.2, -0.15) is 18.3 Å². The fraction of sp³-hybridized carbons (Fsp3) is 0.304. The maximum atomic E-state index is 14.0. The zero-order valence-corrected chi connectivity index (χ0v) is 18.7. The summed E-state index contributed by atoms with van der Waals surface area (Å²) in [4.78, 5) is 12.9. The van der Waals surface area contributed by atoms with Crippen molar-refractivity contribution in [2.24, 2.45) is 0 Å². The molecule has 5 rings (SSSR count). The summed E-state index contributed by atoms with van der Waals surface area (Å²) in [7, 11) is 2.90. The van der Waals surface area contributed by atoms with Gasteiger partial charge in [-0.15, -0.1) is 0 Å². The molecule has 0 radical (unpaired) electrons. The second kappa shape index (κ2) is 8.60. The summed E-state index contributed by atoms with van der Waals surface area (Å²) in [6.07, 6.45) is -4.90. The normalized spacial score (nSPS) is 18.4. The zero-order chi connectivity index (χ0) is 24.7. The van der Waals surface area contributed by atoms with Crippen LogP contribution in [0.15, 0.2) is 42.5 Å². The number of carbonyl (C=O) groups excluding carboxylic acids is 1. The van der Waals surface area contributed by atoms with Crippen LogP contribution >= 0.6 is 0 Å². The highest BCUT2D eigenvalue weighted by Gasteiger charge is 2.47. The van der Waals surface area contributed by atoms with E-state index in [-0.39, 0.29) is 24.7 Å². The van der Waals surface area contributed by atoms with Gasteiger partial charge in [0.2, 0.25) is 6.79 Å². The van der Waals surface area contributed by atoms with Crippen molar-refractivity contribution in [3.8, 4) is 23.0 Å². The second-order valence-electron chi connectivity index (χ2n) is 7.98. The standard InChI is InChI=1S/C23H21F3N4O5/c1-32-13-4-6-17(33-2)15(8-13)28-22(31)16-10-21-27-14(9-20(23(24,25)26)30(21)29-16)12-3-5-18-19(7-12)35-11-34-18/h3-8,10,14,20,27H,9,11H2,1-2H3,(H,28,31)/t14-,20+/m0/s1. The van der Waals surface area contributed by atoms with Crippen LogP contribution in [0.5, 0.6) is 23.0 Å². The summed E-state index contributed by atoms with van der Waals surface area (Å²) < 4.78 is 63.9. The number of amides is 1. The number of nitrogens with zero attached hydrogens (tertiary/aromatic N) is 2. The Hall–Kier alpha value is -4.09. The second-order valence-corrected chi connectivity index (χ2v) is 7.98. The topological polar surface area (TPSA) is 95.9 Å². The van der Waals surface area contributed by atoms with Crippen LogP contribution in [-0.4, -0.2) is 42.9 Å². The summed E-state index contributed by atoms with van der Waals surface area (Å²) in [6, 6.07) is 8.47. The lowest BCUT2D eigenvalue weighted by molar-refractivity contribution is -0.173. The molecule has 0 aliphatic carbocycles. The first-order chi connectivity index (χ1) is 16.8. The molecule has 1 aromatic heterocycles. The van der Waals surface area contributed by atoms with Crippen molar-refractivity contribution in [3.05, 3.63) is 53.7 Å². The lowest BCUT2D eigenvalue weighted by atomic mass is 9.96. The maximum Gasteiger partial charge on any atom is 0.410 e. The molecule has 0 saturated heterocycles. The fourth-order valence-electron chi connectivity index (χ4n) is 4.13. The first kappa shape index (κ1) is 22.7. The number of hydrogen-bond acceptors (Lipinski definition) is 7. The highest BCUT2D eigenvalue weighted by Crippen LogP contribution is 2.45. The Labute approximate surface area is 197 Å². The summed E-state index contributed by atoms with van der Waals surface area (Å²) in [5.74, 6) is 1.21. The Morgan fingerprint density at radius 2 is 1.91 bits per heavy atom. The highest BCUT2D eigenvalue weighted by atomic mass is 19.4. The van der Waals surface area contributed by atoms with Crippen LogP contribution in [0.4, 0.5) is 24.7 Å². The average molecular weight is 490 g/mol. The van der Waals surface area contributed by atoms with Crippen molar-refractivity contribution in [1.29, 1.82) is 0 Å². The van der Waals surface area contributed by atoms with Gasteiger partial charge < -0.3 is 29.6 Å². The first-order valence-electron chi connectivity index (χ1n) is 10.6. The number of benzene rings is 2. The number of nitrogens with one attached hydrogen (secondary N) is 2. The predicted octanol–water partition coefficient (Wildman–Crippen LogP) is 4.54. The number of ether oxygens (including phenoxy) is 4. The van der Waals surface area contributed by atoms with E-state index in [4.69, 9.17) is 18.9 Å². The van der Waals surface area contributed by atoms with Crippen LogP contribution in [-0.2, 0) is 0 Å². The lowest BCUT2D eigenvalue weighted by Crippen LogP contribution is -2.35. The molecule has 12 heteroatoms. The summed E-state index contributed by atoms with van der Waals surface area (Å²) in [5.41, 5.74) is 0.711. The van der Waals surface area contributed by atoms with E-state index in [9.17, 15) is 18.0 Å². The molecule has 2 aliphatic heterocycles. The SMILES string of the molecule is COc1ccc(OC)c(NC(=O)c2cc3n(n2)[C@@H](C(F)(F)F)C[C@@H](c2ccc4c(c2)OCO4)N3)c1. The monoisotopic (exact) mass is 490 g/mol. The van der Waals surface area contributed by atoms with Crippen LogP contribution in [0.1, 0.15) is 34.6 Å². The van der Waals surface area contributed by atoms with Gasteiger partial charge >= 0.3 is 6.18 Å². The van der Waals surface area contributed by atoms with Gasteiger partial charge in [-0.25, -0.2) is 4.68 Å². The molecule has 2 aromatic carbocycles. The molecule has 9 nitrogen and oxygen atoms in total. The molecule has 35 heavy (non-hydrogen) atoms. The zero-order valence-electron chi connectivity index (χ0n) is 18.7. The van der Waals surface area contributed by atoms with Crippen LogP contribution in [0.25, 0.3) is 0 Å². The Kier molecular flexibility index (Phi) is 5.58. The molecular formula is C23H21F3N4O5.